The third-order valence-corrected chi connectivity index (χ3v) is 8.58. The SMILES string of the molecule is CC(C)(C)OC(=O)N1CCC(CS(=O)(=O)c2ccc(-c3c(Cl)cc(Nc4n[nH]c(N)n4)cc3C(F)(F)F)cc2)CC1. The molecule has 2 aromatic carbocycles. The van der Waals surface area contributed by atoms with Gasteiger partial charge in [-0.3, -0.25) is 0 Å². The van der Waals surface area contributed by atoms with Crippen molar-refractivity contribution in [3.63, 3.8) is 0 Å². The Labute approximate surface area is 240 Å². The fourth-order valence-corrected chi connectivity index (χ4v) is 6.52. The summed E-state index contributed by atoms with van der Waals surface area (Å²) in [5, 5.41) is 8.51. The van der Waals surface area contributed by atoms with Crippen molar-refractivity contribution in [3.8, 4) is 11.1 Å². The van der Waals surface area contributed by atoms with Crippen molar-refractivity contribution in [1.82, 2.24) is 20.1 Å². The van der Waals surface area contributed by atoms with Gasteiger partial charge in [-0.05, 0) is 69.4 Å². The van der Waals surface area contributed by atoms with E-state index in [9.17, 15) is 26.4 Å². The summed E-state index contributed by atoms with van der Waals surface area (Å²) in [5.74, 6) is -0.379. The molecule has 222 valence electrons. The van der Waals surface area contributed by atoms with E-state index < -0.39 is 33.3 Å². The number of ether oxygens (including phenoxy) is 1. The summed E-state index contributed by atoms with van der Waals surface area (Å²) in [6.45, 7) is 6.08. The Morgan fingerprint density at radius 2 is 1.80 bits per heavy atom. The van der Waals surface area contributed by atoms with Gasteiger partial charge in [0, 0.05) is 24.3 Å². The van der Waals surface area contributed by atoms with Gasteiger partial charge in [-0.1, -0.05) is 23.7 Å². The summed E-state index contributed by atoms with van der Waals surface area (Å²) in [6, 6.07) is 7.31. The molecular formula is C26H30ClF3N6O4S. The van der Waals surface area contributed by atoms with Gasteiger partial charge in [-0.2, -0.15) is 18.2 Å². The van der Waals surface area contributed by atoms with Crippen molar-refractivity contribution in [2.24, 2.45) is 5.92 Å². The summed E-state index contributed by atoms with van der Waals surface area (Å²) in [4.78, 5) is 17.6. The summed E-state index contributed by atoms with van der Waals surface area (Å²) >= 11 is 6.31. The van der Waals surface area contributed by atoms with Crippen LogP contribution in [0.3, 0.4) is 0 Å². The Hall–Kier alpha value is -3.52. The number of benzene rings is 2. The van der Waals surface area contributed by atoms with Crippen LogP contribution in [0.25, 0.3) is 11.1 Å². The van der Waals surface area contributed by atoms with Crippen LogP contribution in [0.2, 0.25) is 5.02 Å². The van der Waals surface area contributed by atoms with Crippen LogP contribution in [-0.2, 0) is 20.8 Å². The number of amides is 1. The van der Waals surface area contributed by atoms with Crippen molar-refractivity contribution < 1.29 is 31.1 Å². The van der Waals surface area contributed by atoms with E-state index in [2.05, 4.69) is 20.5 Å². The lowest BCUT2D eigenvalue weighted by Gasteiger charge is -2.33. The maximum Gasteiger partial charge on any atom is 0.417 e. The van der Waals surface area contributed by atoms with E-state index in [1.165, 1.54) is 30.3 Å². The number of nitrogens with two attached hydrogens (primary N) is 1. The van der Waals surface area contributed by atoms with Crippen LogP contribution >= 0.6 is 11.6 Å². The summed E-state index contributed by atoms with van der Waals surface area (Å²) in [5.41, 5.74) is 3.60. The predicted octanol–water partition coefficient (Wildman–Crippen LogP) is 5.89. The zero-order valence-corrected chi connectivity index (χ0v) is 24.1. The van der Waals surface area contributed by atoms with Gasteiger partial charge in [-0.15, -0.1) is 5.10 Å². The quantitative estimate of drug-likeness (QED) is 0.312. The van der Waals surface area contributed by atoms with E-state index >= 15 is 0 Å². The first-order chi connectivity index (χ1) is 19.0. The van der Waals surface area contributed by atoms with Gasteiger partial charge in [0.15, 0.2) is 9.84 Å². The van der Waals surface area contributed by atoms with Gasteiger partial charge in [0.2, 0.25) is 11.9 Å². The van der Waals surface area contributed by atoms with Gasteiger partial charge in [0.1, 0.15) is 5.60 Å². The molecule has 3 aromatic rings. The van der Waals surface area contributed by atoms with E-state index in [1.807, 2.05) is 0 Å². The van der Waals surface area contributed by atoms with Crippen LogP contribution in [0.5, 0.6) is 0 Å². The van der Waals surface area contributed by atoms with Crippen molar-refractivity contribution >= 4 is 45.1 Å². The number of nitrogen functional groups attached to an aromatic ring is 1. The van der Waals surface area contributed by atoms with Crippen LogP contribution in [0.1, 0.15) is 39.2 Å². The van der Waals surface area contributed by atoms with E-state index in [0.29, 0.717) is 25.9 Å². The zero-order chi connectivity index (χ0) is 30.2. The lowest BCUT2D eigenvalue weighted by molar-refractivity contribution is -0.137. The minimum atomic E-state index is -4.77. The largest absolute Gasteiger partial charge is 0.444 e. The molecule has 0 spiro atoms. The number of H-pyrrole nitrogens is 1. The second-order valence-electron chi connectivity index (χ2n) is 10.8. The molecule has 0 atom stereocenters. The first-order valence-corrected chi connectivity index (χ1v) is 14.7. The third kappa shape index (κ3) is 7.61. The van der Waals surface area contributed by atoms with Crippen molar-refractivity contribution in [2.45, 2.75) is 50.3 Å². The molecule has 0 aliphatic carbocycles. The molecule has 0 bridgehead atoms. The molecule has 0 radical (unpaired) electrons. The van der Waals surface area contributed by atoms with E-state index in [4.69, 9.17) is 22.1 Å². The Morgan fingerprint density at radius 3 is 2.34 bits per heavy atom. The van der Waals surface area contributed by atoms with Crippen molar-refractivity contribution in [3.05, 3.63) is 47.0 Å². The lowest BCUT2D eigenvalue weighted by Crippen LogP contribution is -2.42. The zero-order valence-electron chi connectivity index (χ0n) is 22.5. The number of sulfone groups is 1. The first kappa shape index (κ1) is 30.4. The molecule has 1 amide bonds. The highest BCUT2D eigenvalue weighted by Gasteiger charge is 2.36. The van der Waals surface area contributed by atoms with Crippen LogP contribution < -0.4 is 11.1 Å². The highest BCUT2D eigenvalue weighted by molar-refractivity contribution is 7.91. The molecule has 2 heterocycles. The molecule has 1 aromatic heterocycles. The minimum Gasteiger partial charge on any atom is -0.444 e. The molecule has 0 saturated carbocycles. The molecule has 41 heavy (non-hydrogen) atoms. The Balaban J connectivity index is 1.49. The summed E-state index contributed by atoms with van der Waals surface area (Å²) in [6.07, 6.45) is -4.23. The number of halogens is 4. The molecule has 15 heteroatoms. The maximum absolute atomic E-state index is 14.1. The number of likely N-dealkylation sites (tertiary alicyclic amines) is 1. The van der Waals surface area contributed by atoms with E-state index in [0.717, 1.165) is 6.07 Å². The molecule has 0 unspecified atom stereocenters. The molecule has 1 saturated heterocycles. The average molecular weight is 615 g/mol. The fraction of sp³-hybridized carbons (Fsp3) is 0.423. The van der Waals surface area contributed by atoms with Crippen molar-refractivity contribution in [2.75, 3.05) is 29.9 Å². The predicted molar refractivity (Wildman–Crippen MR) is 149 cm³/mol. The number of carbonyl (C=O) groups is 1. The van der Waals surface area contributed by atoms with Gasteiger partial charge in [-0.25, -0.2) is 18.3 Å². The number of rotatable bonds is 6. The lowest BCUT2D eigenvalue weighted by atomic mass is 9.98. The number of carbonyl (C=O) groups excluding carboxylic acids is 1. The van der Waals surface area contributed by atoms with Crippen LogP contribution in [0.15, 0.2) is 41.3 Å². The van der Waals surface area contributed by atoms with Crippen LogP contribution in [0, 0.1) is 5.92 Å². The van der Waals surface area contributed by atoms with Crippen LogP contribution in [0.4, 0.5) is 35.5 Å². The minimum absolute atomic E-state index is 0.0120. The number of hydrogen-bond acceptors (Lipinski definition) is 8. The number of hydrogen-bond donors (Lipinski definition) is 3. The molecular weight excluding hydrogens is 585 g/mol. The number of piperidine rings is 1. The number of alkyl halides is 3. The smallest absolute Gasteiger partial charge is 0.417 e. The second kappa shape index (κ2) is 11.4. The number of aromatic nitrogens is 3. The third-order valence-electron chi connectivity index (χ3n) is 6.38. The summed E-state index contributed by atoms with van der Waals surface area (Å²) in [7, 11) is -3.74. The van der Waals surface area contributed by atoms with Gasteiger partial charge in [0.05, 0.1) is 21.2 Å². The Bertz CT molecular complexity index is 1510. The highest BCUT2D eigenvalue weighted by Crippen LogP contribution is 2.43. The van der Waals surface area contributed by atoms with E-state index in [-0.39, 0.29) is 50.3 Å². The average Bonchev–Trinajstić information content (AvgIpc) is 3.26. The Morgan fingerprint density at radius 1 is 1.17 bits per heavy atom. The summed E-state index contributed by atoms with van der Waals surface area (Å²) < 4.78 is 73.8. The maximum atomic E-state index is 14.1. The number of nitrogens with one attached hydrogen (secondary N) is 2. The highest BCUT2D eigenvalue weighted by atomic mass is 35.5. The monoisotopic (exact) mass is 614 g/mol. The fourth-order valence-electron chi connectivity index (χ4n) is 4.50. The first-order valence-electron chi connectivity index (χ1n) is 12.7. The molecule has 4 N–H and O–H groups in total. The second-order valence-corrected chi connectivity index (χ2v) is 13.2. The molecule has 10 nitrogen and oxygen atoms in total. The topological polar surface area (TPSA) is 143 Å². The van der Waals surface area contributed by atoms with E-state index in [1.54, 1.807) is 25.7 Å². The van der Waals surface area contributed by atoms with Crippen molar-refractivity contribution in [1.29, 1.82) is 0 Å². The molecule has 4 rings (SSSR count). The Kier molecular flexibility index (Phi) is 8.46. The molecule has 1 aliphatic rings. The normalized spacial score (nSPS) is 15.1. The number of nitrogens with zero attached hydrogens (tertiary/aromatic N) is 3. The van der Waals surface area contributed by atoms with Gasteiger partial charge >= 0.3 is 12.3 Å². The molecule has 1 aliphatic heterocycles. The van der Waals surface area contributed by atoms with Crippen LogP contribution in [-0.4, -0.2) is 59.0 Å². The number of aromatic amines is 1. The van der Waals surface area contributed by atoms with Gasteiger partial charge in [0.25, 0.3) is 0 Å². The number of anilines is 3. The van der Waals surface area contributed by atoms with Gasteiger partial charge < -0.3 is 20.7 Å². The molecule has 1 fully saturated rings. The standard InChI is InChI=1S/C26H30ClF3N6O4S/c1-25(2,3)40-24(37)36-10-8-15(9-11-36)14-41(38,39)18-6-4-16(5-7-18)21-19(26(28,29)30)12-17(13-20(21)27)32-23-33-22(31)34-35-23/h4-7,12-13,15H,8-11,14H2,1-3H3,(H4,31,32,33,34,35).